The first kappa shape index (κ1) is 30.6. The van der Waals surface area contributed by atoms with E-state index in [0.717, 1.165) is 29.5 Å². The van der Waals surface area contributed by atoms with Gasteiger partial charge in [0.2, 0.25) is 21.8 Å². The van der Waals surface area contributed by atoms with Crippen LogP contribution in [0.5, 0.6) is 0 Å². The molecule has 0 aliphatic heterocycles. The van der Waals surface area contributed by atoms with E-state index < -0.39 is 16.1 Å². The number of amides is 2. The third-order valence-electron chi connectivity index (χ3n) is 6.51. The van der Waals surface area contributed by atoms with Gasteiger partial charge in [0.15, 0.2) is 0 Å². The average Bonchev–Trinajstić information content (AvgIpc) is 2.84. The van der Waals surface area contributed by atoms with Gasteiger partial charge in [-0.15, -0.1) is 0 Å². The Kier molecular flexibility index (Phi) is 11.9. The smallest absolute Gasteiger partial charge is 0.242 e. The highest BCUT2D eigenvalue weighted by atomic mass is 35.5. The molecule has 2 aromatic rings. The van der Waals surface area contributed by atoms with Gasteiger partial charge in [-0.2, -0.15) is 0 Å². The maximum atomic E-state index is 13.5. The van der Waals surface area contributed by atoms with E-state index in [2.05, 4.69) is 12.2 Å². The van der Waals surface area contributed by atoms with Crippen molar-refractivity contribution in [2.45, 2.75) is 72.4 Å². The molecule has 37 heavy (non-hydrogen) atoms. The van der Waals surface area contributed by atoms with Crippen molar-refractivity contribution in [2.75, 3.05) is 23.7 Å². The number of unbranched alkanes of at least 4 members (excludes halogenated alkanes) is 1. The molecular weight excluding hydrogens is 510 g/mol. The Morgan fingerprint density at radius 1 is 1.03 bits per heavy atom. The Morgan fingerprint density at radius 3 is 2.35 bits per heavy atom. The SMILES string of the molecule is CCCCNC(=O)[C@H](CC)N(Cc1ccccc1Cl)C(=O)CCCN(c1cccc(C)c1C)S(C)(=O)=O. The van der Waals surface area contributed by atoms with Gasteiger partial charge in [0.05, 0.1) is 11.9 Å². The predicted molar refractivity (Wildman–Crippen MR) is 151 cm³/mol. The molecular formula is C28H40ClN3O4S. The van der Waals surface area contributed by atoms with Crippen LogP contribution in [0.15, 0.2) is 42.5 Å². The molecule has 0 spiro atoms. The number of benzene rings is 2. The lowest BCUT2D eigenvalue weighted by Crippen LogP contribution is -2.49. The molecule has 0 saturated heterocycles. The van der Waals surface area contributed by atoms with Crippen molar-refractivity contribution < 1.29 is 18.0 Å². The third kappa shape index (κ3) is 8.75. The van der Waals surface area contributed by atoms with Crippen LogP contribution in [-0.2, 0) is 26.2 Å². The lowest BCUT2D eigenvalue weighted by Gasteiger charge is -2.31. The molecule has 0 bridgehead atoms. The monoisotopic (exact) mass is 549 g/mol. The van der Waals surface area contributed by atoms with Crippen molar-refractivity contribution >= 4 is 39.1 Å². The van der Waals surface area contributed by atoms with Crippen molar-refractivity contribution in [1.29, 1.82) is 0 Å². The molecule has 9 heteroatoms. The van der Waals surface area contributed by atoms with Crippen molar-refractivity contribution in [3.63, 3.8) is 0 Å². The Bertz CT molecular complexity index is 1170. The fourth-order valence-electron chi connectivity index (χ4n) is 4.22. The minimum atomic E-state index is -3.55. The number of carbonyl (C=O) groups excluding carboxylic acids is 2. The van der Waals surface area contributed by atoms with Crippen LogP contribution in [-0.4, -0.2) is 50.5 Å². The summed E-state index contributed by atoms with van der Waals surface area (Å²) in [5.41, 5.74) is 3.25. The Labute approximate surface area is 227 Å². The molecule has 2 amide bonds. The van der Waals surface area contributed by atoms with Crippen molar-refractivity contribution in [3.8, 4) is 0 Å². The number of rotatable bonds is 14. The highest BCUT2D eigenvalue weighted by Crippen LogP contribution is 2.26. The van der Waals surface area contributed by atoms with E-state index in [-0.39, 0.29) is 31.3 Å². The van der Waals surface area contributed by atoms with Crippen LogP contribution in [0, 0.1) is 13.8 Å². The Balaban J connectivity index is 2.24. The molecule has 0 fully saturated rings. The number of anilines is 1. The summed E-state index contributed by atoms with van der Waals surface area (Å²) in [6.45, 7) is 8.67. The molecule has 1 atom stereocenters. The van der Waals surface area contributed by atoms with Crippen LogP contribution in [0.3, 0.4) is 0 Å². The second-order valence-electron chi connectivity index (χ2n) is 9.34. The summed E-state index contributed by atoms with van der Waals surface area (Å²) in [7, 11) is -3.55. The van der Waals surface area contributed by atoms with Gasteiger partial charge in [0.25, 0.3) is 0 Å². The van der Waals surface area contributed by atoms with Gasteiger partial charge in [0, 0.05) is 31.1 Å². The van der Waals surface area contributed by atoms with E-state index >= 15 is 0 Å². The van der Waals surface area contributed by atoms with E-state index in [4.69, 9.17) is 11.6 Å². The highest BCUT2D eigenvalue weighted by molar-refractivity contribution is 7.92. The zero-order valence-electron chi connectivity index (χ0n) is 22.6. The van der Waals surface area contributed by atoms with Crippen LogP contribution >= 0.6 is 11.6 Å². The molecule has 204 valence electrons. The fraction of sp³-hybridized carbons (Fsp3) is 0.500. The van der Waals surface area contributed by atoms with Gasteiger partial charge in [-0.05, 0) is 61.9 Å². The summed E-state index contributed by atoms with van der Waals surface area (Å²) in [6.07, 6.45) is 3.85. The first-order valence-electron chi connectivity index (χ1n) is 12.9. The van der Waals surface area contributed by atoms with Crippen LogP contribution < -0.4 is 9.62 Å². The van der Waals surface area contributed by atoms with Gasteiger partial charge < -0.3 is 10.2 Å². The maximum Gasteiger partial charge on any atom is 0.242 e. The van der Waals surface area contributed by atoms with Crippen LogP contribution in [0.1, 0.15) is 62.6 Å². The van der Waals surface area contributed by atoms with Gasteiger partial charge in [-0.25, -0.2) is 8.42 Å². The molecule has 2 aromatic carbocycles. The number of nitrogens with zero attached hydrogens (tertiary/aromatic N) is 2. The Hall–Kier alpha value is -2.58. The number of nitrogens with one attached hydrogen (secondary N) is 1. The fourth-order valence-corrected chi connectivity index (χ4v) is 5.44. The molecule has 7 nitrogen and oxygen atoms in total. The molecule has 0 heterocycles. The molecule has 0 aliphatic carbocycles. The topological polar surface area (TPSA) is 86.8 Å². The molecule has 0 unspecified atom stereocenters. The van der Waals surface area contributed by atoms with Crippen LogP contribution in [0.2, 0.25) is 5.02 Å². The lowest BCUT2D eigenvalue weighted by molar-refractivity contribution is -0.141. The molecule has 0 aromatic heterocycles. The number of hydrogen-bond donors (Lipinski definition) is 1. The summed E-state index contributed by atoms with van der Waals surface area (Å²) in [4.78, 5) is 28.1. The summed E-state index contributed by atoms with van der Waals surface area (Å²) in [5.74, 6) is -0.406. The standard InChI is InChI=1S/C28H40ClN3O4S/c1-6-8-18-30-28(34)25(7-2)31(20-23-14-9-10-15-24(23)29)27(33)17-12-19-32(37(5,35)36)26-16-11-13-21(3)22(26)4/h9-11,13-16,25H,6-8,12,17-20H2,1-5H3,(H,30,34)/t25-/m0/s1. The zero-order valence-corrected chi connectivity index (χ0v) is 24.2. The van der Waals surface area contributed by atoms with E-state index in [9.17, 15) is 18.0 Å². The normalized spacial score (nSPS) is 12.2. The molecule has 2 rings (SSSR count). The van der Waals surface area contributed by atoms with Gasteiger partial charge in [-0.1, -0.05) is 62.2 Å². The van der Waals surface area contributed by atoms with Crippen molar-refractivity contribution in [2.24, 2.45) is 0 Å². The minimum absolute atomic E-state index is 0.0973. The quantitative estimate of drug-likeness (QED) is 0.327. The predicted octanol–water partition coefficient (Wildman–Crippen LogP) is 5.23. The highest BCUT2D eigenvalue weighted by Gasteiger charge is 2.29. The van der Waals surface area contributed by atoms with Crippen LogP contribution in [0.4, 0.5) is 5.69 Å². The number of sulfonamides is 1. The molecule has 0 radical (unpaired) electrons. The number of halogens is 1. The summed E-state index contributed by atoms with van der Waals surface area (Å²) in [6, 6.07) is 12.2. The maximum absolute atomic E-state index is 13.5. The Morgan fingerprint density at radius 2 is 1.73 bits per heavy atom. The second kappa shape index (κ2) is 14.4. The third-order valence-corrected chi connectivity index (χ3v) is 8.06. The van der Waals surface area contributed by atoms with Gasteiger partial charge >= 0.3 is 0 Å². The van der Waals surface area contributed by atoms with Gasteiger partial charge in [-0.3, -0.25) is 13.9 Å². The van der Waals surface area contributed by atoms with E-state index in [0.29, 0.717) is 30.1 Å². The van der Waals surface area contributed by atoms with Crippen LogP contribution in [0.25, 0.3) is 0 Å². The average molecular weight is 550 g/mol. The largest absolute Gasteiger partial charge is 0.354 e. The molecule has 0 saturated carbocycles. The van der Waals surface area contributed by atoms with Crippen molar-refractivity contribution in [1.82, 2.24) is 10.2 Å². The zero-order chi connectivity index (χ0) is 27.6. The van der Waals surface area contributed by atoms with E-state index in [1.807, 2.05) is 51.1 Å². The van der Waals surface area contributed by atoms with E-state index in [1.54, 1.807) is 17.0 Å². The first-order chi connectivity index (χ1) is 17.5. The number of aryl methyl sites for hydroxylation is 1. The summed E-state index contributed by atoms with van der Waals surface area (Å²) >= 11 is 6.38. The lowest BCUT2D eigenvalue weighted by atomic mass is 10.1. The van der Waals surface area contributed by atoms with Gasteiger partial charge in [0.1, 0.15) is 6.04 Å². The number of carbonyl (C=O) groups is 2. The van der Waals surface area contributed by atoms with Crippen molar-refractivity contribution in [3.05, 3.63) is 64.2 Å². The summed E-state index contributed by atoms with van der Waals surface area (Å²) in [5, 5.41) is 3.47. The first-order valence-corrected chi connectivity index (χ1v) is 15.1. The number of hydrogen-bond acceptors (Lipinski definition) is 4. The minimum Gasteiger partial charge on any atom is -0.354 e. The molecule has 1 N–H and O–H groups in total. The molecule has 0 aliphatic rings. The van der Waals surface area contributed by atoms with E-state index in [1.165, 1.54) is 10.6 Å². The summed E-state index contributed by atoms with van der Waals surface area (Å²) < 4.78 is 26.6. The second-order valence-corrected chi connectivity index (χ2v) is 11.7.